The molecule has 10 nitrogen and oxygen atoms in total. The Morgan fingerprint density at radius 2 is 1.76 bits per heavy atom. The number of aromatic hydroxyl groups is 1. The van der Waals surface area contributed by atoms with Crippen LogP contribution in [0, 0.1) is 23.7 Å². The molecule has 3 aromatic rings. The highest BCUT2D eigenvalue weighted by atomic mass is 35.5. The van der Waals surface area contributed by atoms with Gasteiger partial charge in [0.25, 0.3) is 11.8 Å². The zero-order valence-corrected chi connectivity index (χ0v) is 28.0. The molecule has 6 atom stereocenters. The molecule has 0 spiro atoms. The van der Waals surface area contributed by atoms with Gasteiger partial charge in [0, 0.05) is 29.7 Å². The number of nitrogens with zero attached hydrogens (tertiary/aromatic N) is 3. The summed E-state index contributed by atoms with van der Waals surface area (Å²) < 4.78 is 45.9. The van der Waals surface area contributed by atoms with E-state index in [1.54, 1.807) is 49.4 Å². The van der Waals surface area contributed by atoms with Gasteiger partial charge in [0.2, 0.25) is 11.8 Å². The molecule has 2 aliphatic carbocycles. The Labute approximate surface area is 293 Å². The van der Waals surface area contributed by atoms with Crippen LogP contribution >= 0.6 is 23.2 Å². The van der Waals surface area contributed by atoms with Crippen LogP contribution in [0.2, 0.25) is 10.0 Å². The number of anilines is 1. The lowest BCUT2D eigenvalue weighted by Gasteiger charge is -2.50. The van der Waals surface area contributed by atoms with Gasteiger partial charge in [-0.1, -0.05) is 59.1 Å². The zero-order valence-electron chi connectivity index (χ0n) is 26.5. The number of hydrogen-bond donors (Lipinski definition) is 2. The van der Waals surface area contributed by atoms with Gasteiger partial charge < -0.3 is 9.84 Å². The summed E-state index contributed by atoms with van der Waals surface area (Å²) in [6, 6.07) is 11.8. The number of hydrogen-bond acceptors (Lipinski definition) is 8. The Hall–Kier alpha value is -4.62. The first-order chi connectivity index (χ1) is 23.7. The Kier molecular flexibility index (Phi) is 8.13. The monoisotopic (exact) mass is 728 g/mol. The van der Waals surface area contributed by atoms with E-state index in [0.29, 0.717) is 33.4 Å². The number of imide groups is 2. The van der Waals surface area contributed by atoms with Crippen molar-refractivity contribution in [2.75, 3.05) is 19.1 Å². The van der Waals surface area contributed by atoms with Crippen molar-refractivity contribution in [1.82, 2.24) is 14.9 Å². The first kappa shape index (κ1) is 33.9. The van der Waals surface area contributed by atoms with Gasteiger partial charge in [-0.3, -0.25) is 29.5 Å². The van der Waals surface area contributed by atoms with Crippen LogP contribution in [-0.4, -0.2) is 57.3 Å². The van der Waals surface area contributed by atoms with Crippen LogP contribution in [0.15, 0.2) is 66.4 Å². The van der Waals surface area contributed by atoms with Gasteiger partial charge in [-0.15, -0.1) is 0 Å². The average molecular weight is 730 g/mol. The first-order valence-electron chi connectivity index (χ1n) is 15.8. The number of rotatable bonds is 6. The van der Waals surface area contributed by atoms with Crippen molar-refractivity contribution < 1.29 is 42.2 Å². The number of aromatic nitrogens is 1. The largest absolute Gasteiger partial charge is 0.504 e. The molecular formula is C35H29Cl2F3N4O6. The van der Waals surface area contributed by atoms with E-state index >= 15 is 4.79 Å². The number of hydrazine groups is 1. The molecule has 50 heavy (non-hydrogen) atoms. The maximum absolute atomic E-state index is 15.2. The van der Waals surface area contributed by atoms with Crippen LogP contribution in [0.25, 0.3) is 0 Å². The van der Waals surface area contributed by atoms with Crippen LogP contribution in [-0.2, 0) is 30.8 Å². The number of likely N-dealkylation sites (tertiary alicyclic amines) is 1. The smallest absolute Gasteiger partial charge is 0.417 e. The molecule has 3 fully saturated rings. The third kappa shape index (κ3) is 4.88. The van der Waals surface area contributed by atoms with Gasteiger partial charge in [-0.2, -0.15) is 18.2 Å². The summed E-state index contributed by atoms with van der Waals surface area (Å²) in [5, 5.41) is 12.3. The van der Waals surface area contributed by atoms with Crippen LogP contribution < -0.4 is 10.2 Å². The van der Waals surface area contributed by atoms with E-state index in [2.05, 4.69) is 10.4 Å². The third-order valence-electron chi connectivity index (χ3n) is 10.4. The van der Waals surface area contributed by atoms with Crippen LogP contribution in [0.4, 0.5) is 19.0 Å². The number of ether oxygens (including phenoxy) is 1. The molecule has 2 saturated heterocycles. The second kappa shape index (κ2) is 12.0. The number of nitrogens with one attached hydrogen (secondary N) is 1. The summed E-state index contributed by atoms with van der Waals surface area (Å²) in [7, 11) is 1.41. The SMILES string of the molecule is CCOc1cccc(C2C3=CCC4C(=O)N(C)C(=O)C4C3CC3C(=O)N(Nc4ncc(C(F)(F)F)cc4Cl)C(=O)C32c2ccc(Cl)cc2)c1O. The number of phenols is 1. The maximum atomic E-state index is 15.2. The molecule has 2 aromatic carbocycles. The molecule has 3 heterocycles. The molecule has 6 unspecified atom stereocenters. The normalized spacial score (nSPS) is 27.6. The highest BCUT2D eigenvalue weighted by molar-refractivity contribution is 6.33. The zero-order chi connectivity index (χ0) is 35.9. The topological polar surface area (TPSA) is 129 Å². The second-order valence-electron chi connectivity index (χ2n) is 12.8. The standard InChI is InChI=1S/C35H29Cl2F3N4O6/c1-3-50-25-6-4-5-21(28(25)45)27-19-11-12-20-26(32(48)43(2)30(20)46)22(19)14-23-31(47)44(33(49)34(23,27)16-7-9-18(36)10-8-16)42-29-24(37)13-17(15-41-29)35(38,39)40/h4-11,13,15,20,22-23,26-27,45H,3,12,14H2,1-2H3,(H,41,42). The number of para-hydroxylation sites is 1. The molecular weight excluding hydrogens is 700 g/mol. The van der Waals surface area contributed by atoms with Gasteiger partial charge in [0.15, 0.2) is 17.3 Å². The third-order valence-corrected chi connectivity index (χ3v) is 11.0. The number of alkyl halides is 3. The van der Waals surface area contributed by atoms with Crippen LogP contribution in [0.1, 0.15) is 42.4 Å². The summed E-state index contributed by atoms with van der Waals surface area (Å²) in [6.07, 6.45) is -2.25. The molecule has 2 aliphatic heterocycles. The van der Waals surface area contributed by atoms with Crippen molar-refractivity contribution in [1.29, 1.82) is 0 Å². The van der Waals surface area contributed by atoms with Crippen LogP contribution in [0.5, 0.6) is 11.5 Å². The van der Waals surface area contributed by atoms with Crippen molar-refractivity contribution >= 4 is 52.6 Å². The van der Waals surface area contributed by atoms with Crippen molar-refractivity contribution in [3.8, 4) is 11.5 Å². The fraction of sp³-hybridized carbons (Fsp3) is 0.343. The molecule has 260 valence electrons. The molecule has 0 radical (unpaired) electrons. The Bertz CT molecular complexity index is 1990. The van der Waals surface area contributed by atoms with Crippen molar-refractivity contribution in [2.45, 2.75) is 37.3 Å². The molecule has 1 aromatic heterocycles. The van der Waals surface area contributed by atoms with E-state index in [0.717, 1.165) is 4.90 Å². The number of benzene rings is 2. The number of fused-ring (bicyclic) bond motifs is 4. The molecule has 7 rings (SSSR count). The number of halogens is 5. The number of pyridine rings is 1. The number of allylic oxidation sites excluding steroid dienone is 2. The van der Waals surface area contributed by atoms with E-state index in [1.165, 1.54) is 7.05 Å². The summed E-state index contributed by atoms with van der Waals surface area (Å²) in [5.41, 5.74) is 0.851. The lowest BCUT2D eigenvalue weighted by Crippen LogP contribution is -2.53. The first-order valence-corrected chi connectivity index (χ1v) is 16.6. The minimum Gasteiger partial charge on any atom is -0.504 e. The number of carbonyl (C=O) groups is 4. The Balaban J connectivity index is 1.46. The summed E-state index contributed by atoms with van der Waals surface area (Å²) in [5.74, 6) is -7.32. The van der Waals surface area contributed by atoms with Crippen molar-refractivity contribution in [3.05, 3.63) is 93.1 Å². The van der Waals surface area contributed by atoms with Crippen LogP contribution in [0.3, 0.4) is 0 Å². The van der Waals surface area contributed by atoms with Gasteiger partial charge in [-0.05, 0) is 55.5 Å². The minimum atomic E-state index is -4.75. The molecule has 4 aliphatic rings. The predicted molar refractivity (Wildman–Crippen MR) is 174 cm³/mol. The van der Waals surface area contributed by atoms with E-state index in [-0.39, 0.29) is 48.2 Å². The predicted octanol–water partition coefficient (Wildman–Crippen LogP) is 6.13. The fourth-order valence-electron chi connectivity index (χ4n) is 8.33. The lowest BCUT2D eigenvalue weighted by molar-refractivity contribution is -0.140. The molecule has 2 N–H and O–H groups in total. The average Bonchev–Trinajstić information content (AvgIpc) is 3.43. The van der Waals surface area contributed by atoms with Crippen molar-refractivity contribution in [2.24, 2.45) is 23.7 Å². The Morgan fingerprint density at radius 3 is 2.42 bits per heavy atom. The second-order valence-corrected chi connectivity index (χ2v) is 13.6. The quantitative estimate of drug-likeness (QED) is 0.229. The van der Waals surface area contributed by atoms with Crippen molar-refractivity contribution in [3.63, 3.8) is 0 Å². The Morgan fingerprint density at radius 1 is 1.04 bits per heavy atom. The molecule has 4 amide bonds. The molecule has 15 heteroatoms. The highest BCUT2D eigenvalue weighted by Crippen LogP contribution is 2.65. The van der Waals surface area contributed by atoms with E-state index in [9.17, 15) is 32.7 Å². The van der Waals surface area contributed by atoms with Gasteiger partial charge in [0.1, 0.15) is 0 Å². The van der Waals surface area contributed by atoms with E-state index < -0.39 is 69.5 Å². The van der Waals surface area contributed by atoms with Gasteiger partial charge in [-0.25, -0.2) is 4.98 Å². The van der Waals surface area contributed by atoms with Gasteiger partial charge >= 0.3 is 6.18 Å². The minimum absolute atomic E-state index is 0.0399. The number of carbonyl (C=O) groups excluding carboxylic acids is 4. The number of amides is 4. The van der Waals surface area contributed by atoms with Gasteiger partial charge in [0.05, 0.1) is 40.4 Å². The summed E-state index contributed by atoms with van der Waals surface area (Å²) in [4.78, 5) is 61.5. The fourth-order valence-corrected chi connectivity index (χ4v) is 8.66. The van der Waals surface area contributed by atoms with E-state index in [1.807, 2.05) is 6.08 Å². The van der Waals surface area contributed by atoms with E-state index in [4.69, 9.17) is 27.9 Å². The number of phenolic OH excluding ortho intramolecular Hbond substituents is 1. The summed E-state index contributed by atoms with van der Waals surface area (Å²) in [6.45, 7) is 1.95. The molecule has 0 bridgehead atoms. The lowest BCUT2D eigenvalue weighted by atomic mass is 9.49. The molecule has 1 saturated carbocycles. The summed E-state index contributed by atoms with van der Waals surface area (Å²) >= 11 is 12.5. The maximum Gasteiger partial charge on any atom is 0.417 e. The highest BCUT2D eigenvalue weighted by Gasteiger charge is 2.70.